The van der Waals surface area contributed by atoms with Gasteiger partial charge in [0.05, 0.1) is 27.9 Å². The van der Waals surface area contributed by atoms with Gasteiger partial charge in [-0.25, -0.2) is 15.0 Å². The van der Waals surface area contributed by atoms with Gasteiger partial charge in [-0.3, -0.25) is 0 Å². The van der Waals surface area contributed by atoms with Crippen molar-refractivity contribution in [2.45, 2.75) is 38.1 Å². The number of imidazole rings is 2. The molecule has 6 rings (SSSR count). The molecule has 1 aliphatic rings. The highest BCUT2D eigenvalue weighted by molar-refractivity contribution is 7.13. The van der Waals surface area contributed by atoms with Crippen LogP contribution in [0.25, 0.3) is 38.5 Å². The zero-order valence-electron chi connectivity index (χ0n) is 16.0. The van der Waals surface area contributed by atoms with Gasteiger partial charge in [0.1, 0.15) is 5.69 Å². The standard InChI is InChI=1S/C23H21N5S/c1-2-5-17(6-3-1)28-15-25-18-9-8-16(13-20(18)28)22-23-24-10-11-27(23)14-19(26-22)21-7-4-12-29-21/h4,7-15,17H,1-3,5-6H2. The van der Waals surface area contributed by atoms with Gasteiger partial charge in [0.2, 0.25) is 0 Å². The number of fused-ring (bicyclic) bond motifs is 2. The first-order valence-corrected chi connectivity index (χ1v) is 11.1. The molecule has 0 bridgehead atoms. The minimum Gasteiger partial charge on any atom is -0.327 e. The summed E-state index contributed by atoms with van der Waals surface area (Å²) in [6.07, 6.45) is 14.4. The number of hydrogen-bond acceptors (Lipinski definition) is 4. The third kappa shape index (κ3) is 2.86. The van der Waals surface area contributed by atoms with Gasteiger partial charge < -0.3 is 8.97 Å². The van der Waals surface area contributed by atoms with Gasteiger partial charge in [0, 0.05) is 30.2 Å². The summed E-state index contributed by atoms with van der Waals surface area (Å²) in [5.41, 5.74) is 6.11. The topological polar surface area (TPSA) is 48.0 Å². The molecule has 0 aliphatic heterocycles. The summed E-state index contributed by atoms with van der Waals surface area (Å²) < 4.78 is 4.45. The third-order valence-electron chi connectivity index (χ3n) is 5.96. The van der Waals surface area contributed by atoms with Gasteiger partial charge in [-0.2, -0.15) is 0 Å². The van der Waals surface area contributed by atoms with Crippen LogP contribution >= 0.6 is 11.3 Å². The average molecular weight is 400 g/mol. The summed E-state index contributed by atoms with van der Waals surface area (Å²) >= 11 is 1.71. The molecule has 0 saturated heterocycles. The number of benzene rings is 1. The highest BCUT2D eigenvalue weighted by atomic mass is 32.1. The van der Waals surface area contributed by atoms with Crippen LogP contribution in [-0.4, -0.2) is 23.9 Å². The summed E-state index contributed by atoms with van der Waals surface area (Å²) in [5.74, 6) is 0. The zero-order chi connectivity index (χ0) is 19.2. The molecule has 29 heavy (non-hydrogen) atoms. The Labute approximate surface area is 172 Å². The van der Waals surface area contributed by atoms with E-state index in [2.05, 4.69) is 60.8 Å². The van der Waals surface area contributed by atoms with Crippen LogP contribution in [-0.2, 0) is 0 Å². The van der Waals surface area contributed by atoms with Crippen LogP contribution in [0.5, 0.6) is 0 Å². The molecule has 1 fully saturated rings. The van der Waals surface area contributed by atoms with Crippen molar-refractivity contribution in [3.63, 3.8) is 0 Å². The first-order chi connectivity index (χ1) is 14.4. The molecule has 0 spiro atoms. The summed E-state index contributed by atoms with van der Waals surface area (Å²) in [6.45, 7) is 0. The van der Waals surface area contributed by atoms with Crippen molar-refractivity contribution < 1.29 is 0 Å². The summed E-state index contributed by atoms with van der Waals surface area (Å²) in [4.78, 5) is 15.4. The molecule has 4 heterocycles. The van der Waals surface area contributed by atoms with Gasteiger partial charge in [-0.05, 0) is 36.4 Å². The smallest absolute Gasteiger partial charge is 0.163 e. The lowest BCUT2D eigenvalue weighted by Crippen LogP contribution is -2.11. The minimum atomic E-state index is 0.556. The van der Waals surface area contributed by atoms with Gasteiger partial charge in [0.15, 0.2) is 5.65 Å². The molecular weight excluding hydrogens is 378 g/mol. The van der Waals surface area contributed by atoms with Crippen molar-refractivity contribution >= 4 is 28.0 Å². The maximum absolute atomic E-state index is 5.02. The Morgan fingerprint density at radius 1 is 1.03 bits per heavy atom. The van der Waals surface area contributed by atoms with Crippen molar-refractivity contribution in [3.05, 3.63) is 60.6 Å². The second kappa shape index (κ2) is 6.81. The Morgan fingerprint density at radius 3 is 2.83 bits per heavy atom. The number of nitrogens with zero attached hydrogens (tertiary/aromatic N) is 5. The largest absolute Gasteiger partial charge is 0.327 e. The maximum Gasteiger partial charge on any atom is 0.163 e. The quantitative estimate of drug-likeness (QED) is 0.375. The van der Waals surface area contributed by atoms with Crippen LogP contribution < -0.4 is 0 Å². The van der Waals surface area contributed by atoms with Crippen LogP contribution in [0.15, 0.2) is 60.6 Å². The lowest BCUT2D eigenvalue weighted by atomic mass is 9.95. The molecule has 5 nitrogen and oxygen atoms in total. The molecule has 1 saturated carbocycles. The van der Waals surface area contributed by atoms with Gasteiger partial charge in [0.25, 0.3) is 0 Å². The molecule has 0 N–H and O–H groups in total. The average Bonchev–Trinajstić information content (AvgIpc) is 3.53. The highest BCUT2D eigenvalue weighted by Crippen LogP contribution is 2.33. The van der Waals surface area contributed by atoms with E-state index in [1.54, 1.807) is 11.3 Å². The first-order valence-electron chi connectivity index (χ1n) is 10.2. The van der Waals surface area contributed by atoms with Gasteiger partial charge >= 0.3 is 0 Å². The van der Waals surface area contributed by atoms with Crippen molar-refractivity contribution in [1.82, 2.24) is 23.9 Å². The molecule has 1 aromatic carbocycles. The van der Waals surface area contributed by atoms with Crippen LogP contribution in [0.2, 0.25) is 0 Å². The molecule has 0 atom stereocenters. The molecule has 0 amide bonds. The SMILES string of the molecule is c1csc(-c2cn3ccnc3c(-c3ccc4ncn(C5CCCCC5)c4c3)n2)c1. The molecule has 1 aliphatic carbocycles. The lowest BCUT2D eigenvalue weighted by molar-refractivity contribution is 0.359. The predicted octanol–water partition coefficient (Wildman–Crippen LogP) is 5.98. The van der Waals surface area contributed by atoms with E-state index < -0.39 is 0 Å². The maximum atomic E-state index is 5.02. The van der Waals surface area contributed by atoms with Gasteiger partial charge in [-0.1, -0.05) is 31.4 Å². The molecular formula is C23H21N5S. The van der Waals surface area contributed by atoms with Crippen LogP contribution in [0.1, 0.15) is 38.1 Å². The van der Waals surface area contributed by atoms with E-state index in [1.165, 1.54) is 37.6 Å². The van der Waals surface area contributed by atoms with E-state index >= 15 is 0 Å². The minimum absolute atomic E-state index is 0.556. The Balaban J connectivity index is 1.52. The van der Waals surface area contributed by atoms with Crippen LogP contribution in [0, 0.1) is 0 Å². The number of hydrogen-bond donors (Lipinski definition) is 0. The summed E-state index contributed by atoms with van der Waals surface area (Å²) in [5, 5.41) is 2.09. The fourth-order valence-electron chi connectivity index (χ4n) is 4.49. The highest BCUT2D eigenvalue weighted by Gasteiger charge is 2.19. The van der Waals surface area contributed by atoms with E-state index in [-0.39, 0.29) is 0 Å². The molecule has 4 aromatic heterocycles. The van der Waals surface area contributed by atoms with E-state index in [0.29, 0.717) is 6.04 Å². The third-order valence-corrected chi connectivity index (χ3v) is 6.86. The molecule has 0 unspecified atom stereocenters. The summed E-state index contributed by atoms with van der Waals surface area (Å²) in [6, 6.07) is 11.2. The number of thiophene rings is 1. The zero-order valence-corrected chi connectivity index (χ0v) is 16.8. The second-order valence-electron chi connectivity index (χ2n) is 7.76. The molecule has 5 aromatic rings. The van der Waals surface area contributed by atoms with E-state index in [4.69, 9.17) is 4.98 Å². The van der Waals surface area contributed by atoms with Crippen molar-refractivity contribution in [2.24, 2.45) is 0 Å². The second-order valence-corrected chi connectivity index (χ2v) is 8.71. The predicted molar refractivity (Wildman–Crippen MR) is 117 cm³/mol. The van der Waals surface area contributed by atoms with Crippen molar-refractivity contribution in [2.75, 3.05) is 0 Å². The molecule has 0 radical (unpaired) electrons. The lowest BCUT2D eigenvalue weighted by Gasteiger charge is -2.23. The van der Waals surface area contributed by atoms with Crippen molar-refractivity contribution in [1.29, 1.82) is 0 Å². The Kier molecular flexibility index (Phi) is 3.97. The molecule has 6 heteroatoms. The normalized spacial score (nSPS) is 15.4. The number of aromatic nitrogens is 5. The van der Waals surface area contributed by atoms with Crippen LogP contribution in [0.4, 0.5) is 0 Å². The van der Waals surface area contributed by atoms with Crippen LogP contribution in [0.3, 0.4) is 0 Å². The number of rotatable bonds is 3. The Hall–Kier alpha value is -2.99. The monoisotopic (exact) mass is 399 g/mol. The Morgan fingerprint density at radius 2 is 1.97 bits per heavy atom. The fourth-order valence-corrected chi connectivity index (χ4v) is 5.17. The first kappa shape index (κ1) is 16.9. The van der Waals surface area contributed by atoms with E-state index in [0.717, 1.165) is 33.0 Å². The summed E-state index contributed by atoms with van der Waals surface area (Å²) in [7, 11) is 0. The Bertz CT molecular complexity index is 1290. The fraction of sp³-hybridized carbons (Fsp3) is 0.261. The van der Waals surface area contributed by atoms with Gasteiger partial charge in [-0.15, -0.1) is 11.3 Å². The van der Waals surface area contributed by atoms with Crippen molar-refractivity contribution in [3.8, 4) is 21.8 Å². The molecule has 144 valence electrons. The van der Waals surface area contributed by atoms with E-state index in [1.807, 2.05) is 18.7 Å². The van der Waals surface area contributed by atoms with E-state index in [9.17, 15) is 0 Å².